The first-order valence-electron chi connectivity index (χ1n) is 8.24. The van der Waals surface area contributed by atoms with E-state index in [-0.39, 0.29) is 11.3 Å². The van der Waals surface area contributed by atoms with Crippen molar-refractivity contribution in [3.63, 3.8) is 0 Å². The summed E-state index contributed by atoms with van der Waals surface area (Å²) < 4.78 is 33.0. The largest absolute Gasteiger partial charge is 0.488 e. The van der Waals surface area contributed by atoms with Crippen molar-refractivity contribution >= 4 is 21.7 Å². The van der Waals surface area contributed by atoms with Gasteiger partial charge in [-0.2, -0.15) is 0 Å². The Morgan fingerprint density at radius 2 is 1.73 bits per heavy atom. The van der Waals surface area contributed by atoms with Crippen molar-refractivity contribution in [2.24, 2.45) is 0 Å². The third-order valence-electron chi connectivity index (χ3n) is 4.02. The molecule has 1 heterocycles. The number of sulfonamides is 1. The van der Waals surface area contributed by atoms with Crippen LogP contribution in [-0.2, 0) is 21.2 Å². The maximum atomic E-state index is 13.1. The van der Waals surface area contributed by atoms with Gasteiger partial charge in [0.2, 0.25) is 0 Å². The predicted octanol–water partition coefficient (Wildman–Crippen LogP) is 3.07. The molecule has 0 aliphatic carbocycles. The molecule has 6 nitrogen and oxygen atoms in total. The molecule has 1 aliphatic heterocycles. The summed E-state index contributed by atoms with van der Waals surface area (Å²) in [6, 6.07) is 11.7. The average molecular weight is 375 g/mol. The van der Waals surface area contributed by atoms with E-state index in [1.807, 2.05) is 20.8 Å². The number of fused-ring (bicyclic) bond motifs is 1. The van der Waals surface area contributed by atoms with Crippen LogP contribution in [0.4, 0.5) is 5.69 Å². The van der Waals surface area contributed by atoms with Gasteiger partial charge in [-0.3, -0.25) is 4.31 Å². The molecule has 1 atom stereocenters. The Morgan fingerprint density at radius 3 is 2.31 bits per heavy atom. The van der Waals surface area contributed by atoms with Gasteiger partial charge in [-0.05, 0) is 56.7 Å². The Bertz CT molecular complexity index is 929. The summed E-state index contributed by atoms with van der Waals surface area (Å²) >= 11 is 0. The number of ether oxygens (including phenoxy) is 1. The molecule has 1 N–H and O–H groups in total. The lowest BCUT2D eigenvalue weighted by Gasteiger charge is -2.25. The van der Waals surface area contributed by atoms with Crippen molar-refractivity contribution in [1.29, 1.82) is 0 Å². The molecule has 0 radical (unpaired) electrons. The quantitative estimate of drug-likeness (QED) is 0.888. The van der Waals surface area contributed by atoms with Crippen LogP contribution in [0.1, 0.15) is 26.3 Å². The first-order chi connectivity index (χ1) is 12.1. The average Bonchev–Trinajstić information content (AvgIpc) is 2.94. The first-order valence-corrected chi connectivity index (χ1v) is 9.68. The smallest absolute Gasteiger partial charge is 0.327 e. The van der Waals surface area contributed by atoms with Gasteiger partial charge in [0.1, 0.15) is 17.4 Å². The van der Waals surface area contributed by atoms with Crippen LogP contribution in [-0.4, -0.2) is 31.1 Å². The molecule has 0 saturated carbocycles. The van der Waals surface area contributed by atoms with E-state index in [1.54, 1.807) is 36.4 Å². The normalized spacial score (nSPS) is 17.0. The zero-order valence-electron chi connectivity index (χ0n) is 14.8. The van der Waals surface area contributed by atoms with E-state index < -0.39 is 27.6 Å². The second-order valence-corrected chi connectivity index (χ2v) is 8.99. The zero-order chi connectivity index (χ0) is 19.1. The van der Waals surface area contributed by atoms with Crippen LogP contribution in [0, 0.1) is 0 Å². The third-order valence-corrected chi connectivity index (χ3v) is 5.85. The van der Waals surface area contributed by atoms with Gasteiger partial charge in [-0.25, -0.2) is 13.2 Å². The van der Waals surface area contributed by atoms with Gasteiger partial charge in [-0.1, -0.05) is 18.2 Å². The number of benzene rings is 2. The Morgan fingerprint density at radius 1 is 1.12 bits per heavy atom. The highest BCUT2D eigenvalue weighted by Crippen LogP contribution is 2.37. The predicted molar refractivity (Wildman–Crippen MR) is 98.1 cm³/mol. The lowest BCUT2D eigenvalue weighted by atomic mass is 10.1. The van der Waals surface area contributed by atoms with Crippen LogP contribution in [0.25, 0.3) is 0 Å². The molecule has 2 aromatic rings. The molecule has 2 aromatic carbocycles. The summed E-state index contributed by atoms with van der Waals surface area (Å²) in [5.41, 5.74) is 0.717. The minimum Gasteiger partial charge on any atom is -0.488 e. The highest BCUT2D eigenvalue weighted by Gasteiger charge is 2.42. The number of hydrogen-bond donors (Lipinski definition) is 1. The topological polar surface area (TPSA) is 83.9 Å². The molecule has 0 bridgehead atoms. The van der Waals surface area contributed by atoms with E-state index in [4.69, 9.17) is 4.74 Å². The summed E-state index contributed by atoms with van der Waals surface area (Å²) in [4.78, 5) is 11.7. The van der Waals surface area contributed by atoms with Crippen molar-refractivity contribution in [2.75, 3.05) is 4.31 Å². The van der Waals surface area contributed by atoms with Crippen LogP contribution < -0.4 is 9.04 Å². The Kier molecular flexibility index (Phi) is 4.44. The molecule has 0 amide bonds. The minimum atomic E-state index is -4.01. The number of aliphatic carboxylic acids is 1. The fourth-order valence-corrected chi connectivity index (χ4v) is 4.63. The van der Waals surface area contributed by atoms with Gasteiger partial charge in [-0.15, -0.1) is 0 Å². The molecule has 0 spiro atoms. The summed E-state index contributed by atoms with van der Waals surface area (Å²) in [7, 11) is -4.01. The van der Waals surface area contributed by atoms with E-state index in [1.165, 1.54) is 12.1 Å². The van der Waals surface area contributed by atoms with Gasteiger partial charge in [0.25, 0.3) is 10.0 Å². The van der Waals surface area contributed by atoms with E-state index in [2.05, 4.69) is 0 Å². The molecular weight excluding hydrogens is 354 g/mol. The molecule has 7 heteroatoms. The van der Waals surface area contributed by atoms with Crippen LogP contribution in [0.3, 0.4) is 0 Å². The van der Waals surface area contributed by atoms with Crippen molar-refractivity contribution in [2.45, 2.75) is 43.7 Å². The molecule has 0 unspecified atom stereocenters. The number of para-hydroxylation sites is 1. The van der Waals surface area contributed by atoms with Crippen LogP contribution in [0.5, 0.6) is 5.75 Å². The molecule has 3 rings (SSSR count). The SMILES string of the molecule is CC(C)(C)Oc1ccc(S(=O)(=O)N2c3ccccc3C[C@H]2C(=O)O)cc1. The van der Waals surface area contributed by atoms with Gasteiger partial charge < -0.3 is 9.84 Å². The molecule has 0 aromatic heterocycles. The number of anilines is 1. The van der Waals surface area contributed by atoms with Crippen LogP contribution in [0.15, 0.2) is 53.4 Å². The fourth-order valence-electron chi connectivity index (χ4n) is 2.99. The number of rotatable bonds is 4. The number of carboxylic acids is 1. The lowest BCUT2D eigenvalue weighted by Crippen LogP contribution is -2.42. The highest BCUT2D eigenvalue weighted by molar-refractivity contribution is 7.93. The van der Waals surface area contributed by atoms with E-state index in [0.717, 1.165) is 4.31 Å². The van der Waals surface area contributed by atoms with Crippen molar-refractivity contribution < 1.29 is 23.1 Å². The van der Waals surface area contributed by atoms with E-state index >= 15 is 0 Å². The maximum Gasteiger partial charge on any atom is 0.327 e. The van der Waals surface area contributed by atoms with Crippen molar-refractivity contribution in [3.8, 4) is 5.75 Å². The van der Waals surface area contributed by atoms with Gasteiger partial charge in [0.15, 0.2) is 0 Å². The van der Waals surface area contributed by atoms with Crippen molar-refractivity contribution in [3.05, 3.63) is 54.1 Å². The molecule has 0 saturated heterocycles. The number of carboxylic acid groups (broad SMARTS) is 1. The van der Waals surface area contributed by atoms with Crippen LogP contribution in [0.2, 0.25) is 0 Å². The molecular formula is C19H21NO5S. The summed E-state index contributed by atoms with van der Waals surface area (Å²) in [5.74, 6) is -0.620. The molecule has 1 aliphatic rings. The van der Waals surface area contributed by atoms with Gasteiger partial charge in [0, 0.05) is 6.42 Å². The summed E-state index contributed by atoms with van der Waals surface area (Å²) in [6.45, 7) is 5.70. The number of carbonyl (C=O) groups is 1. The standard InChI is InChI=1S/C19H21NO5S/c1-19(2,3)25-14-8-10-15(11-9-14)26(23,24)20-16-7-5-4-6-13(16)12-17(20)18(21)22/h4-11,17H,12H2,1-3H3,(H,21,22)/t17-/m0/s1. The Balaban J connectivity index is 2.00. The van der Waals surface area contributed by atoms with E-state index in [0.29, 0.717) is 17.0 Å². The minimum absolute atomic E-state index is 0.0294. The number of nitrogens with zero attached hydrogens (tertiary/aromatic N) is 1. The second kappa shape index (κ2) is 6.32. The summed E-state index contributed by atoms with van der Waals surface area (Å²) in [5, 5.41) is 9.51. The monoisotopic (exact) mass is 375 g/mol. The maximum absolute atomic E-state index is 13.1. The number of hydrogen-bond acceptors (Lipinski definition) is 4. The first kappa shape index (κ1) is 18.3. The van der Waals surface area contributed by atoms with E-state index in [9.17, 15) is 18.3 Å². The highest BCUT2D eigenvalue weighted by atomic mass is 32.2. The van der Waals surface area contributed by atoms with Crippen molar-refractivity contribution in [1.82, 2.24) is 0 Å². The molecule has 0 fully saturated rings. The zero-order valence-corrected chi connectivity index (χ0v) is 15.7. The van der Waals surface area contributed by atoms with Gasteiger partial charge >= 0.3 is 5.97 Å². The second-order valence-electron chi connectivity index (χ2n) is 7.17. The Hall–Kier alpha value is -2.54. The summed E-state index contributed by atoms with van der Waals surface area (Å²) in [6.07, 6.45) is 0.149. The van der Waals surface area contributed by atoms with Gasteiger partial charge in [0.05, 0.1) is 10.6 Å². The van der Waals surface area contributed by atoms with Crippen LogP contribution >= 0.6 is 0 Å². The Labute approximate surface area is 153 Å². The lowest BCUT2D eigenvalue weighted by molar-refractivity contribution is -0.138. The fraction of sp³-hybridized carbons (Fsp3) is 0.316. The molecule has 26 heavy (non-hydrogen) atoms. The molecule has 138 valence electrons. The third kappa shape index (κ3) is 3.39.